The topological polar surface area (TPSA) is 55.5 Å². The highest BCUT2D eigenvalue weighted by molar-refractivity contribution is 5.67. The zero-order chi connectivity index (χ0) is 15.2. The normalized spacial score (nSPS) is 20.4. The number of oxazole rings is 1. The second-order valence-corrected chi connectivity index (χ2v) is 6.01. The van der Waals surface area contributed by atoms with Crippen molar-refractivity contribution >= 4 is 0 Å². The average molecular weight is 287 g/mol. The van der Waals surface area contributed by atoms with E-state index >= 15 is 0 Å². The third-order valence-corrected chi connectivity index (χ3v) is 4.37. The smallest absolute Gasteiger partial charge is 0.227 e. The number of aliphatic hydroxyl groups is 1. The van der Waals surface area contributed by atoms with E-state index in [0.29, 0.717) is 11.7 Å². The van der Waals surface area contributed by atoms with Gasteiger partial charge in [-0.1, -0.05) is 13.0 Å². The molecule has 1 aliphatic heterocycles. The second-order valence-electron chi connectivity index (χ2n) is 6.01. The number of fused-ring (bicyclic) bond motifs is 1. The summed E-state index contributed by atoms with van der Waals surface area (Å²) < 4.78 is 11.9. The summed E-state index contributed by atoms with van der Waals surface area (Å²) >= 11 is 0. The molecule has 21 heavy (non-hydrogen) atoms. The van der Waals surface area contributed by atoms with Crippen LogP contribution in [0.5, 0.6) is 5.75 Å². The molecule has 0 saturated heterocycles. The summed E-state index contributed by atoms with van der Waals surface area (Å²) in [5.74, 6) is 2.05. The van der Waals surface area contributed by atoms with Crippen LogP contribution in [0, 0.1) is 13.8 Å². The minimum Gasteiger partial charge on any atom is -0.487 e. The van der Waals surface area contributed by atoms with Crippen LogP contribution in [0.4, 0.5) is 0 Å². The van der Waals surface area contributed by atoms with Crippen LogP contribution in [0.15, 0.2) is 16.5 Å². The van der Waals surface area contributed by atoms with Gasteiger partial charge in [0.2, 0.25) is 5.89 Å². The Morgan fingerprint density at radius 2 is 2.10 bits per heavy atom. The van der Waals surface area contributed by atoms with Crippen LogP contribution in [-0.4, -0.2) is 15.7 Å². The summed E-state index contributed by atoms with van der Waals surface area (Å²) in [6.45, 7) is 8.05. The van der Waals surface area contributed by atoms with E-state index in [-0.39, 0.29) is 12.2 Å². The van der Waals surface area contributed by atoms with Gasteiger partial charge < -0.3 is 14.3 Å². The largest absolute Gasteiger partial charge is 0.487 e. The van der Waals surface area contributed by atoms with Crippen molar-refractivity contribution in [2.45, 2.75) is 52.7 Å². The Hall–Kier alpha value is -1.81. The lowest BCUT2D eigenvalue weighted by Crippen LogP contribution is -2.28. The fourth-order valence-corrected chi connectivity index (χ4v) is 2.81. The Labute approximate surface area is 124 Å². The fraction of sp³-hybridized carbons (Fsp3) is 0.471. The fourth-order valence-electron chi connectivity index (χ4n) is 2.81. The van der Waals surface area contributed by atoms with Gasteiger partial charge in [-0.2, -0.15) is 0 Å². The molecule has 0 aliphatic carbocycles. The molecule has 1 atom stereocenters. The van der Waals surface area contributed by atoms with E-state index in [1.165, 1.54) is 0 Å². The number of hydrogen-bond acceptors (Lipinski definition) is 4. The summed E-state index contributed by atoms with van der Waals surface area (Å²) in [5.41, 5.74) is 3.83. The maximum absolute atomic E-state index is 9.28. The van der Waals surface area contributed by atoms with Crippen LogP contribution in [0.3, 0.4) is 0 Å². The molecular weight excluding hydrogens is 266 g/mol. The predicted molar refractivity (Wildman–Crippen MR) is 80.4 cm³/mol. The van der Waals surface area contributed by atoms with E-state index in [9.17, 15) is 5.11 Å². The molecule has 0 amide bonds. The molecule has 0 fully saturated rings. The number of aromatic nitrogens is 1. The number of ether oxygens (including phenoxy) is 1. The molecule has 1 aliphatic rings. The van der Waals surface area contributed by atoms with Gasteiger partial charge in [0.1, 0.15) is 18.0 Å². The maximum atomic E-state index is 9.28. The van der Waals surface area contributed by atoms with Crippen LogP contribution < -0.4 is 4.74 Å². The molecule has 0 radical (unpaired) electrons. The van der Waals surface area contributed by atoms with Gasteiger partial charge in [-0.05, 0) is 38.8 Å². The third kappa shape index (κ3) is 2.23. The minimum absolute atomic E-state index is 0.129. The van der Waals surface area contributed by atoms with Crippen LogP contribution in [0.1, 0.15) is 42.8 Å². The average Bonchev–Trinajstić information content (AvgIpc) is 3.01. The lowest BCUT2D eigenvalue weighted by atomic mass is 9.93. The van der Waals surface area contributed by atoms with Crippen molar-refractivity contribution < 1.29 is 14.3 Å². The molecule has 1 aromatic heterocycles. The molecule has 2 heterocycles. The highest BCUT2D eigenvalue weighted by Crippen LogP contribution is 2.44. The van der Waals surface area contributed by atoms with Gasteiger partial charge in [-0.25, -0.2) is 4.98 Å². The molecular formula is C17H21NO3. The summed E-state index contributed by atoms with van der Waals surface area (Å²) in [7, 11) is 0. The quantitative estimate of drug-likeness (QED) is 0.938. The van der Waals surface area contributed by atoms with Gasteiger partial charge in [0.05, 0.1) is 5.69 Å². The zero-order valence-electron chi connectivity index (χ0n) is 13.0. The standard InChI is InChI=1S/C17H21NO3/c1-5-17(4)8-13-12(7-6-10(2)15(13)21-17)16-18-11(3)14(9-19)20-16/h6-7,19H,5,8-9H2,1-4H3. The minimum atomic E-state index is -0.162. The van der Waals surface area contributed by atoms with Crippen LogP contribution in [-0.2, 0) is 13.0 Å². The van der Waals surface area contributed by atoms with E-state index in [0.717, 1.165) is 41.0 Å². The van der Waals surface area contributed by atoms with Crippen molar-refractivity contribution in [3.8, 4) is 17.2 Å². The summed E-state index contributed by atoms with van der Waals surface area (Å²) in [5, 5.41) is 9.28. The molecule has 0 bridgehead atoms. The Bertz CT molecular complexity index is 690. The molecule has 112 valence electrons. The molecule has 4 nitrogen and oxygen atoms in total. The molecule has 0 spiro atoms. The first kappa shape index (κ1) is 14.1. The highest BCUT2D eigenvalue weighted by atomic mass is 16.5. The SMILES string of the molecule is CCC1(C)Cc2c(-c3nc(C)c(CO)o3)ccc(C)c2O1. The summed E-state index contributed by atoms with van der Waals surface area (Å²) in [4.78, 5) is 4.45. The molecule has 1 unspecified atom stereocenters. The van der Waals surface area contributed by atoms with Gasteiger partial charge in [0.25, 0.3) is 0 Å². The van der Waals surface area contributed by atoms with Crippen molar-refractivity contribution in [2.75, 3.05) is 0 Å². The number of rotatable bonds is 3. The molecule has 0 saturated carbocycles. The van der Waals surface area contributed by atoms with Gasteiger partial charge >= 0.3 is 0 Å². The Kier molecular flexibility index (Phi) is 3.29. The Balaban J connectivity index is 2.12. The number of aliphatic hydroxyl groups excluding tert-OH is 1. The van der Waals surface area contributed by atoms with E-state index in [1.54, 1.807) is 0 Å². The molecule has 2 aromatic rings. The van der Waals surface area contributed by atoms with E-state index in [2.05, 4.69) is 25.8 Å². The maximum Gasteiger partial charge on any atom is 0.227 e. The van der Waals surface area contributed by atoms with Crippen molar-refractivity contribution in [1.29, 1.82) is 0 Å². The summed E-state index contributed by atoms with van der Waals surface area (Å²) in [6.07, 6.45) is 1.80. The van der Waals surface area contributed by atoms with Crippen LogP contribution in [0.25, 0.3) is 11.5 Å². The molecule has 1 N–H and O–H groups in total. The first-order valence-electron chi connectivity index (χ1n) is 7.36. The van der Waals surface area contributed by atoms with E-state index in [1.807, 2.05) is 19.1 Å². The predicted octanol–water partition coefficient (Wildman–Crippen LogP) is 3.55. The third-order valence-electron chi connectivity index (χ3n) is 4.37. The van der Waals surface area contributed by atoms with Gasteiger partial charge in [0, 0.05) is 17.5 Å². The number of nitrogens with zero attached hydrogens (tertiary/aromatic N) is 1. The lowest BCUT2D eigenvalue weighted by Gasteiger charge is -2.21. The monoisotopic (exact) mass is 287 g/mol. The van der Waals surface area contributed by atoms with E-state index < -0.39 is 0 Å². The number of hydrogen-bond donors (Lipinski definition) is 1. The number of aryl methyl sites for hydroxylation is 2. The van der Waals surface area contributed by atoms with Crippen LogP contribution in [0.2, 0.25) is 0 Å². The van der Waals surface area contributed by atoms with Crippen molar-refractivity contribution in [3.05, 3.63) is 34.7 Å². The zero-order valence-corrected chi connectivity index (χ0v) is 13.0. The van der Waals surface area contributed by atoms with E-state index in [4.69, 9.17) is 9.15 Å². The Morgan fingerprint density at radius 3 is 2.71 bits per heavy atom. The highest BCUT2D eigenvalue weighted by Gasteiger charge is 2.36. The van der Waals surface area contributed by atoms with Crippen LogP contribution >= 0.6 is 0 Å². The Morgan fingerprint density at radius 1 is 1.33 bits per heavy atom. The van der Waals surface area contributed by atoms with Gasteiger partial charge in [-0.15, -0.1) is 0 Å². The first-order chi connectivity index (χ1) is 9.97. The first-order valence-corrected chi connectivity index (χ1v) is 7.36. The number of benzene rings is 1. The van der Waals surface area contributed by atoms with Crippen molar-refractivity contribution in [3.63, 3.8) is 0 Å². The molecule has 3 rings (SSSR count). The molecule has 4 heteroatoms. The van der Waals surface area contributed by atoms with Gasteiger partial charge in [-0.3, -0.25) is 0 Å². The van der Waals surface area contributed by atoms with Crippen molar-refractivity contribution in [1.82, 2.24) is 4.98 Å². The van der Waals surface area contributed by atoms with Gasteiger partial charge in [0.15, 0.2) is 5.76 Å². The van der Waals surface area contributed by atoms with Crippen molar-refractivity contribution in [2.24, 2.45) is 0 Å². The summed E-state index contributed by atoms with van der Waals surface area (Å²) in [6, 6.07) is 4.07. The lowest BCUT2D eigenvalue weighted by molar-refractivity contribution is 0.111. The second kappa shape index (κ2) is 4.88. The molecule has 1 aromatic carbocycles.